The second-order valence-corrected chi connectivity index (χ2v) is 7.27. The molecule has 0 aliphatic carbocycles. The highest BCUT2D eigenvalue weighted by Gasteiger charge is 2.17. The molecule has 29 heavy (non-hydrogen) atoms. The van der Waals surface area contributed by atoms with Crippen LogP contribution in [0.4, 0.5) is 0 Å². The molecule has 144 valence electrons. The summed E-state index contributed by atoms with van der Waals surface area (Å²) in [5.41, 5.74) is 0.864. The Hall–Kier alpha value is -3.45. The molecule has 3 aromatic heterocycles. The van der Waals surface area contributed by atoms with Gasteiger partial charge in [0.05, 0.1) is 12.0 Å². The Kier molecular flexibility index (Phi) is 5.39. The minimum atomic E-state index is -0.641. The molecule has 0 N–H and O–H groups in total. The number of ether oxygens (including phenoxy) is 1. The molecule has 7 heteroatoms. The van der Waals surface area contributed by atoms with Crippen LogP contribution in [-0.2, 0) is 4.74 Å². The maximum atomic E-state index is 12.8. The fourth-order valence-electron chi connectivity index (χ4n) is 2.95. The van der Waals surface area contributed by atoms with Crippen LogP contribution in [0.1, 0.15) is 17.3 Å². The monoisotopic (exact) mass is 403 g/mol. The van der Waals surface area contributed by atoms with Crippen molar-refractivity contribution in [3.8, 4) is 5.69 Å². The third kappa shape index (κ3) is 3.90. The van der Waals surface area contributed by atoms with Crippen LogP contribution in [-0.4, -0.2) is 27.1 Å². The van der Waals surface area contributed by atoms with Gasteiger partial charge in [-0.05, 0) is 49.4 Å². The van der Waals surface area contributed by atoms with Crippen molar-refractivity contribution in [1.82, 2.24) is 14.5 Å². The van der Waals surface area contributed by atoms with Crippen molar-refractivity contribution in [1.29, 1.82) is 0 Å². The summed E-state index contributed by atoms with van der Waals surface area (Å²) in [6, 6.07) is 15.0. The number of rotatable bonds is 5. The van der Waals surface area contributed by atoms with E-state index < -0.39 is 5.97 Å². The van der Waals surface area contributed by atoms with Gasteiger partial charge in [0.1, 0.15) is 11.2 Å². The van der Waals surface area contributed by atoms with Gasteiger partial charge in [-0.1, -0.05) is 17.8 Å². The molecule has 0 aliphatic heterocycles. The number of pyridine rings is 3. The van der Waals surface area contributed by atoms with Crippen LogP contribution in [0.2, 0.25) is 0 Å². The summed E-state index contributed by atoms with van der Waals surface area (Å²) in [5.74, 6) is -0.641. The van der Waals surface area contributed by atoms with Crippen molar-refractivity contribution in [2.24, 2.45) is 0 Å². The standard InChI is InChI=1S/C22H17N3O3S/c1-2-28-22(27)19-14-25(21-18(20(19)26)9-5-11-24-21)15-6-3-7-16(12-15)29-17-8-4-10-23-13-17/h3-14H,2H2,1H3. The number of hydrogen-bond acceptors (Lipinski definition) is 6. The highest BCUT2D eigenvalue weighted by Crippen LogP contribution is 2.29. The van der Waals surface area contributed by atoms with Crippen molar-refractivity contribution in [3.63, 3.8) is 0 Å². The molecule has 1 aromatic carbocycles. The molecule has 6 nitrogen and oxygen atoms in total. The molecule has 0 radical (unpaired) electrons. The Morgan fingerprint density at radius 3 is 2.72 bits per heavy atom. The van der Waals surface area contributed by atoms with Crippen molar-refractivity contribution >= 4 is 28.8 Å². The zero-order chi connectivity index (χ0) is 20.2. The average Bonchev–Trinajstić information content (AvgIpc) is 2.75. The molecule has 0 saturated heterocycles. The molecule has 0 aliphatic rings. The number of fused-ring (bicyclic) bond motifs is 1. The number of esters is 1. The maximum Gasteiger partial charge on any atom is 0.343 e. The molecule has 3 heterocycles. The quantitative estimate of drug-likeness (QED) is 0.467. The van der Waals surface area contributed by atoms with Gasteiger partial charge in [-0.15, -0.1) is 0 Å². The maximum absolute atomic E-state index is 12.8. The highest BCUT2D eigenvalue weighted by atomic mass is 32.2. The van der Waals surface area contributed by atoms with E-state index in [1.807, 2.05) is 36.4 Å². The third-order valence-electron chi connectivity index (χ3n) is 4.22. The summed E-state index contributed by atoms with van der Waals surface area (Å²) < 4.78 is 6.81. The van der Waals surface area contributed by atoms with E-state index in [1.165, 1.54) is 6.20 Å². The topological polar surface area (TPSA) is 74.1 Å². The molecule has 0 saturated carbocycles. The molecule has 0 bridgehead atoms. The van der Waals surface area contributed by atoms with E-state index in [2.05, 4.69) is 9.97 Å². The first-order chi connectivity index (χ1) is 14.2. The van der Waals surface area contributed by atoms with Gasteiger partial charge in [-0.2, -0.15) is 0 Å². The van der Waals surface area contributed by atoms with Gasteiger partial charge in [0.25, 0.3) is 0 Å². The second kappa shape index (κ2) is 8.28. The molecule has 0 amide bonds. The molecular weight excluding hydrogens is 386 g/mol. The zero-order valence-electron chi connectivity index (χ0n) is 15.6. The van der Waals surface area contributed by atoms with Crippen molar-refractivity contribution in [2.75, 3.05) is 6.61 Å². The van der Waals surface area contributed by atoms with Crippen LogP contribution in [0.15, 0.2) is 87.9 Å². The van der Waals surface area contributed by atoms with Crippen LogP contribution in [0.25, 0.3) is 16.7 Å². The number of carbonyl (C=O) groups is 1. The molecule has 0 unspecified atom stereocenters. The fourth-order valence-corrected chi connectivity index (χ4v) is 3.81. The molecule has 0 atom stereocenters. The number of benzene rings is 1. The minimum absolute atomic E-state index is 0.0161. The van der Waals surface area contributed by atoms with Crippen molar-refractivity contribution < 1.29 is 9.53 Å². The predicted octanol–water partition coefficient (Wildman–Crippen LogP) is 4.11. The van der Waals surface area contributed by atoms with Gasteiger partial charge in [0.15, 0.2) is 0 Å². The number of nitrogens with zero attached hydrogens (tertiary/aromatic N) is 3. The lowest BCUT2D eigenvalue weighted by atomic mass is 10.2. The Morgan fingerprint density at radius 1 is 1.10 bits per heavy atom. The van der Waals surface area contributed by atoms with E-state index in [0.717, 1.165) is 15.5 Å². The summed E-state index contributed by atoms with van der Waals surface area (Å²) in [7, 11) is 0. The van der Waals surface area contributed by atoms with E-state index in [4.69, 9.17) is 4.74 Å². The van der Waals surface area contributed by atoms with Gasteiger partial charge >= 0.3 is 5.97 Å². The summed E-state index contributed by atoms with van der Waals surface area (Å²) >= 11 is 1.57. The molecule has 4 rings (SSSR count). The Morgan fingerprint density at radius 2 is 1.93 bits per heavy atom. The van der Waals surface area contributed by atoms with E-state index >= 15 is 0 Å². The van der Waals surface area contributed by atoms with Crippen molar-refractivity contribution in [2.45, 2.75) is 16.7 Å². The first-order valence-electron chi connectivity index (χ1n) is 9.03. The number of aromatic nitrogens is 3. The van der Waals surface area contributed by atoms with E-state index in [0.29, 0.717) is 11.0 Å². The zero-order valence-corrected chi connectivity index (χ0v) is 16.4. The summed E-state index contributed by atoms with van der Waals surface area (Å²) in [5, 5.41) is 0.364. The Bertz CT molecular complexity index is 1240. The first kappa shape index (κ1) is 18.9. The van der Waals surface area contributed by atoms with Gasteiger partial charge in [-0.25, -0.2) is 9.78 Å². The summed E-state index contributed by atoms with van der Waals surface area (Å²) in [4.78, 5) is 35.6. The first-order valence-corrected chi connectivity index (χ1v) is 9.85. The molecule has 0 spiro atoms. The van der Waals surface area contributed by atoms with E-state index in [9.17, 15) is 9.59 Å². The smallest absolute Gasteiger partial charge is 0.343 e. The Balaban J connectivity index is 1.85. The van der Waals surface area contributed by atoms with Crippen LogP contribution in [0.5, 0.6) is 0 Å². The van der Waals surface area contributed by atoms with Crippen LogP contribution in [0.3, 0.4) is 0 Å². The van der Waals surface area contributed by atoms with E-state index in [-0.39, 0.29) is 17.6 Å². The van der Waals surface area contributed by atoms with Crippen molar-refractivity contribution in [3.05, 3.63) is 89.1 Å². The largest absolute Gasteiger partial charge is 0.462 e. The highest BCUT2D eigenvalue weighted by molar-refractivity contribution is 7.99. The number of hydrogen-bond donors (Lipinski definition) is 0. The second-order valence-electron chi connectivity index (χ2n) is 6.13. The molecule has 0 fully saturated rings. The Labute approximate surface area is 171 Å². The van der Waals surface area contributed by atoms with Gasteiger partial charge < -0.3 is 9.30 Å². The lowest BCUT2D eigenvalue weighted by Crippen LogP contribution is -2.21. The van der Waals surface area contributed by atoms with Crippen LogP contribution in [0, 0.1) is 0 Å². The fraction of sp³-hybridized carbons (Fsp3) is 0.0909. The summed E-state index contributed by atoms with van der Waals surface area (Å²) in [6.07, 6.45) is 6.65. The van der Waals surface area contributed by atoms with Gasteiger partial charge in [0, 0.05) is 40.3 Å². The lowest BCUT2D eigenvalue weighted by Gasteiger charge is -2.13. The van der Waals surface area contributed by atoms with Crippen LogP contribution < -0.4 is 5.43 Å². The normalized spacial score (nSPS) is 10.8. The lowest BCUT2D eigenvalue weighted by molar-refractivity contribution is 0.0524. The number of carbonyl (C=O) groups excluding carboxylic acids is 1. The molecular formula is C22H17N3O3S. The van der Waals surface area contributed by atoms with Gasteiger partial charge in [-0.3, -0.25) is 9.78 Å². The van der Waals surface area contributed by atoms with E-state index in [1.54, 1.807) is 54.0 Å². The SMILES string of the molecule is CCOC(=O)c1cn(-c2cccc(Sc3cccnc3)c2)c2ncccc2c1=O. The van der Waals surface area contributed by atoms with Gasteiger partial charge in [0.2, 0.25) is 5.43 Å². The molecule has 4 aromatic rings. The van der Waals surface area contributed by atoms with Crippen LogP contribution >= 0.6 is 11.8 Å². The average molecular weight is 403 g/mol. The predicted molar refractivity (Wildman–Crippen MR) is 112 cm³/mol. The third-order valence-corrected chi connectivity index (χ3v) is 5.19. The summed E-state index contributed by atoms with van der Waals surface area (Å²) in [6.45, 7) is 1.90. The minimum Gasteiger partial charge on any atom is -0.462 e.